The summed E-state index contributed by atoms with van der Waals surface area (Å²) in [5.41, 5.74) is 1.45. The molecule has 0 aliphatic carbocycles. The van der Waals surface area contributed by atoms with Crippen LogP contribution in [0.1, 0.15) is 24.2 Å². The summed E-state index contributed by atoms with van der Waals surface area (Å²) >= 11 is 0. The smallest absolute Gasteiger partial charge is 0.245 e. The Morgan fingerprint density at radius 3 is 2.77 bits per heavy atom. The Bertz CT molecular complexity index is 739. The normalized spacial score (nSPS) is 15.4. The van der Waals surface area contributed by atoms with Gasteiger partial charge in [0.05, 0.1) is 18.4 Å². The average molecular weight is 323 g/mol. The van der Waals surface area contributed by atoms with Crippen LogP contribution in [0, 0.1) is 6.92 Å². The second-order valence-corrected chi connectivity index (χ2v) is 6.95. The third kappa shape index (κ3) is 3.25. The third-order valence-electron chi connectivity index (χ3n) is 3.45. The predicted molar refractivity (Wildman–Crippen MR) is 78.7 cm³/mol. The van der Waals surface area contributed by atoms with Gasteiger partial charge in [-0.3, -0.25) is 0 Å². The van der Waals surface area contributed by atoms with Gasteiger partial charge < -0.3 is 9.42 Å². The van der Waals surface area contributed by atoms with E-state index in [9.17, 15) is 8.42 Å². The lowest BCUT2D eigenvalue weighted by Crippen LogP contribution is -2.25. The molecule has 22 heavy (non-hydrogen) atoms. The quantitative estimate of drug-likeness (QED) is 0.870. The number of nitrogens with one attached hydrogen (secondary N) is 1. The highest BCUT2D eigenvalue weighted by Crippen LogP contribution is 2.17. The van der Waals surface area contributed by atoms with Crippen molar-refractivity contribution in [3.63, 3.8) is 0 Å². The topological polar surface area (TPSA) is 101 Å². The fraction of sp³-hybridized carbons (Fsp3) is 0.462. The minimum atomic E-state index is -3.64. The molecule has 0 radical (unpaired) electrons. The molecule has 0 atom stereocenters. The van der Waals surface area contributed by atoms with Crippen LogP contribution in [0.15, 0.2) is 27.9 Å². The number of nitrogens with zero attached hydrogens (tertiary/aromatic N) is 4. The van der Waals surface area contributed by atoms with E-state index in [1.165, 1.54) is 0 Å². The minimum Gasteiger partial charge on any atom is -0.363 e. The SMILES string of the molecule is Cc1cc(CNS(=O)(=O)c2cnoc2)nc(N2CCCC2)n1. The lowest BCUT2D eigenvalue weighted by molar-refractivity contribution is 0.417. The molecule has 3 heterocycles. The van der Waals surface area contributed by atoms with Gasteiger partial charge in [-0.25, -0.2) is 23.1 Å². The van der Waals surface area contributed by atoms with Crippen LogP contribution in [0.2, 0.25) is 0 Å². The van der Waals surface area contributed by atoms with Gasteiger partial charge in [0.15, 0.2) is 0 Å². The first-order valence-corrected chi connectivity index (χ1v) is 8.51. The zero-order valence-electron chi connectivity index (χ0n) is 12.2. The van der Waals surface area contributed by atoms with E-state index in [1.54, 1.807) is 6.07 Å². The molecule has 0 amide bonds. The standard InChI is InChI=1S/C13H17N5O3S/c1-10-6-11(17-13(16-10)18-4-2-3-5-18)7-15-22(19,20)12-8-14-21-9-12/h6,8-9,15H,2-5,7H2,1H3. The van der Waals surface area contributed by atoms with Crippen LogP contribution in [0.5, 0.6) is 0 Å². The van der Waals surface area contributed by atoms with E-state index in [2.05, 4.69) is 29.3 Å². The second kappa shape index (κ2) is 6.01. The first-order valence-electron chi connectivity index (χ1n) is 7.03. The van der Waals surface area contributed by atoms with E-state index in [0.717, 1.165) is 44.1 Å². The van der Waals surface area contributed by atoms with E-state index in [1.807, 2.05) is 6.92 Å². The molecule has 9 heteroatoms. The molecular weight excluding hydrogens is 306 g/mol. The number of anilines is 1. The van der Waals surface area contributed by atoms with E-state index in [-0.39, 0.29) is 11.4 Å². The van der Waals surface area contributed by atoms with Crippen molar-refractivity contribution in [1.29, 1.82) is 0 Å². The van der Waals surface area contributed by atoms with E-state index in [0.29, 0.717) is 11.6 Å². The lowest BCUT2D eigenvalue weighted by atomic mass is 10.3. The third-order valence-corrected chi connectivity index (χ3v) is 4.79. The van der Waals surface area contributed by atoms with Crippen LogP contribution in [0.25, 0.3) is 0 Å². The molecule has 2 aromatic heterocycles. The average Bonchev–Trinajstić information content (AvgIpc) is 3.17. The van der Waals surface area contributed by atoms with Crippen molar-refractivity contribution in [3.05, 3.63) is 29.9 Å². The van der Waals surface area contributed by atoms with Crippen LogP contribution in [0.4, 0.5) is 5.95 Å². The molecule has 0 spiro atoms. The number of aromatic nitrogens is 3. The van der Waals surface area contributed by atoms with Gasteiger partial charge in [0.2, 0.25) is 16.0 Å². The Kier molecular flexibility index (Phi) is 4.08. The second-order valence-electron chi connectivity index (χ2n) is 5.18. The molecule has 0 unspecified atom stereocenters. The van der Waals surface area contributed by atoms with Crippen molar-refractivity contribution < 1.29 is 12.9 Å². The van der Waals surface area contributed by atoms with Gasteiger partial charge in [-0.05, 0) is 25.8 Å². The number of hydrogen-bond acceptors (Lipinski definition) is 7. The molecule has 1 saturated heterocycles. The minimum absolute atomic E-state index is 0.00181. The molecule has 1 aliphatic rings. The maximum Gasteiger partial charge on any atom is 0.245 e. The van der Waals surface area contributed by atoms with Crippen molar-refractivity contribution >= 4 is 16.0 Å². The number of rotatable bonds is 5. The summed E-state index contributed by atoms with van der Waals surface area (Å²) in [6, 6.07) is 1.77. The zero-order valence-corrected chi connectivity index (χ0v) is 13.0. The van der Waals surface area contributed by atoms with E-state index in [4.69, 9.17) is 0 Å². The van der Waals surface area contributed by atoms with Crippen molar-refractivity contribution in [2.75, 3.05) is 18.0 Å². The Labute approximate surface area is 128 Å². The van der Waals surface area contributed by atoms with Crippen molar-refractivity contribution in [2.24, 2.45) is 0 Å². The molecule has 1 fully saturated rings. The predicted octanol–water partition coefficient (Wildman–Crippen LogP) is 0.852. The number of hydrogen-bond donors (Lipinski definition) is 1. The molecule has 0 saturated carbocycles. The first kappa shape index (κ1) is 14.9. The number of aryl methyl sites for hydroxylation is 1. The largest absolute Gasteiger partial charge is 0.363 e. The van der Waals surface area contributed by atoms with Crippen LogP contribution in [0.3, 0.4) is 0 Å². The summed E-state index contributed by atoms with van der Waals surface area (Å²) in [7, 11) is -3.64. The van der Waals surface area contributed by atoms with Gasteiger partial charge in [0.25, 0.3) is 0 Å². The highest BCUT2D eigenvalue weighted by atomic mass is 32.2. The maximum atomic E-state index is 12.0. The Morgan fingerprint density at radius 1 is 1.32 bits per heavy atom. The fourth-order valence-corrected chi connectivity index (χ4v) is 3.20. The molecular formula is C13H17N5O3S. The van der Waals surface area contributed by atoms with Crippen molar-refractivity contribution in [2.45, 2.75) is 31.2 Å². The summed E-state index contributed by atoms with van der Waals surface area (Å²) in [5.74, 6) is 0.664. The number of sulfonamides is 1. The van der Waals surface area contributed by atoms with Crippen LogP contribution in [-0.4, -0.2) is 36.6 Å². The lowest BCUT2D eigenvalue weighted by Gasteiger charge is -2.16. The van der Waals surface area contributed by atoms with E-state index < -0.39 is 10.0 Å². The van der Waals surface area contributed by atoms with Gasteiger partial charge >= 0.3 is 0 Å². The zero-order chi connectivity index (χ0) is 15.6. The summed E-state index contributed by atoms with van der Waals surface area (Å²) in [6.45, 7) is 3.85. The van der Waals surface area contributed by atoms with Gasteiger partial charge in [-0.2, -0.15) is 0 Å². The van der Waals surface area contributed by atoms with Crippen molar-refractivity contribution in [1.82, 2.24) is 19.8 Å². The van der Waals surface area contributed by atoms with Gasteiger partial charge in [0, 0.05) is 18.8 Å². The molecule has 0 bridgehead atoms. The summed E-state index contributed by atoms with van der Waals surface area (Å²) in [6.07, 6.45) is 4.51. The van der Waals surface area contributed by atoms with Crippen LogP contribution >= 0.6 is 0 Å². The first-order chi connectivity index (χ1) is 10.5. The molecule has 8 nitrogen and oxygen atoms in total. The highest BCUT2D eigenvalue weighted by molar-refractivity contribution is 7.89. The molecule has 2 aromatic rings. The monoisotopic (exact) mass is 323 g/mol. The Hall–Kier alpha value is -2.00. The van der Waals surface area contributed by atoms with Crippen LogP contribution < -0.4 is 9.62 Å². The maximum absolute atomic E-state index is 12.0. The van der Waals surface area contributed by atoms with Gasteiger partial charge in [-0.15, -0.1) is 0 Å². The summed E-state index contributed by atoms with van der Waals surface area (Å²) in [4.78, 5) is 11.0. The summed E-state index contributed by atoms with van der Waals surface area (Å²) in [5, 5.41) is 3.40. The molecule has 0 aromatic carbocycles. The fourth-order valence-electron chi connectivity index (χ4n) is 2.35. The van der Waals surface area contributed by atoms with Gasteiger partial charge in [0.1, 0.15) is 11.2 Å². The Morgan fingerprint density at radius 2 is 2.09 bits per heavy atom. The molecule has 3 rings (SSSR count). The van der Waals surface area contributed by atoms with Crippen molar-refractivity contribution in [3.8, 4) is 0 Å². The highest BCUT2D eigenvalue weighted by Gasteiger charge is 2.18. The van der Waals surface area contributed by atoms with E-state index >= 15 is 0 Å². The molecule has 118 valence electrons. The van der Waals surface area contributed by atoms with Gasteiger partial charge in [-0.1, -0.05) is 5.16 Å². The summed E-state index contributed by atoms with van der Waals surface area (Å²) < 4.78 is 31.1. The molecule has 1 aliphatic heterocycles. The Balaban J connectivity index is 1.75. The molecule has 1 N–H and O–H groups in total. The van der Waals surface area contributed by atoms with Crippen LogP contribution in [-0.2, 0) is 16.6 Å².